The fourth-order valence-corrected chi connectivity index (χ4v) is 3.38. The van der Waals surface area contributed by atoms with Gasteiger partial charge in [-0.25, -0.2) is 9.18 Å². The van der Waals surface area contributed by atoms with Crippen molar-refractivity contribution in [3.05, 3.63) is 101 Å². The summed E-state index contributed by atoms with van der Waals surface area (Å²) in [5.41, 5.74) is 2.61. The molecule has 0 bridgehead atoms. The summed E-state index contributed by atoms with van der Waals surface area (Å²) in [5.74, 6) is -0.982. The maximum absolute atomic E-state index is 13.5. The minimum absolute atomic E-state index is 0.139. The smallest absolute Gasteiger partial charge is 0.339 e. The van der Waals surface area contributed by atoms with E-state index in [2.05, 4.69) is 5.32 Å². The Morgan fingerprint density at radius 3 is 2.63 bits per heavy atom. The normalized spacial score (nSPS) is 15.1. The molecule has 1 N–H and O–H groups in total. The molecular weight excluding hydrogens is 385 g/mol. The van der Waals surface area contributed by atoms with Crippen LogP contribution in [0.3, 0.4) is 0 Å². The predicted molar refractivity (Wildman–Crippen MR) is 109 cm³/mol. The van der Waals surface area contributed by atoms with Crippen LogP contribution in [0.15, 0.2) is 72.8 Å². The lowest BCUT2D eigenvalue weighted by molar-refractivity contribution is 0.0252. The number of hydrogen-bond donors (Lipinski definition) is 1. The number of para-hydroxylation sites is 1. The number of ether oxygens (including phenoxy) is 2. The average Bonchev–Trinajstić information content (AvgIpc) is 2.78. The van der Waals surface area contributed by atoms with E-state index in [-0.39, 0.29) is 30.9 Å². The Bertz CT molecular complexity index is 1070. The number of rotatable bonds is 6. The number of halogens is 1. The van der Waals surface area contributed by atoms with Crippen molar-refractivity contribution >= 4 is 11.9 Å². The topological polar surface area (TPSA) is 64.6 Å². The molecule has 0 unspecified atom stereocenters. The van der Waals surface area contributed by atoms with Gasteiger partial charge < -0.3 is 14.8 Å². The molecule has 1 heterocycles. The lowest BCUT2D eigenvalue weighted by atomic mass is 9.93. The highest BCUT2D eigenvalue weighted by atomic mass is 19.1. The first-order chi connectivity index (χ1) is 14.6. The fourth-order valence-electron chi connectivity index (χ4n) is 3.38. The number of benzene rings is 3. The zero-order chi connectivity index (χ0) is 20.9. The van der Waals surface area contributed by atoms with Crippen molar-refractivity contribution in [1.82, 2.24) is 5.32 Å². The number of fused-ring (bicyclic) bond motifs is 1. The molecule has 4 rings (SSSR count). The Hall–Kier alpha value is -3.67. The fraction of sp³-hybridized carbons (Fsp3) is 0.167. The van der Waals surface area contributed by atoms with Gasteiger partial charge in [-0.05, 0) is 41.5 Å². The van der Waals surface area contributed by atoms with Gasteiger partial charge in [-0.1, -0.05) is 42.5 Å². The van der Waals surface area contributed by atoms with E-state index in [0.29, 0.717) is 17.5 Å². The number of carbonyl (C=O) groups is 2. The largest absolute Gasteiger partial charge is 0.489 e. The molecule has 0 aliphatic carbocycles. The summed E-state index contributed by atoms with van der Waals surface area (Å²) in [6, 6.07) is 20.6. The standard InChI is InChI=1S/C24H20FNO4/c25-20-8-4-5-9-21(20)29-13-12-26-23(27)17-10-11-19-18(14-17)15-22(30-24(19)28)16-6-2-1-3-7-16/h1-11,14,22H,12-13,15H2,(H,26,27)/t22-/m1/s1. The van der Waals surface area contributed by atoms with Gasteiger partial charge in [0.2, 0.25) is 0 Å². The molecule has 0 saturated carbocycles. The molecule has 6 heteroatoms. The van der Waals surface area contributed by atoms with Gasteiger partial charge in [0, 0.05) is 12.0 Å². The van der Waals surface area contributed by atoms with Crippen LogP contribution in [0.2, 0.25) is 0 Å². The first-order valence-electron chi connectivity index (χ1n) is 9.66. The third-order valence-electron chi connectivity index (χ3n) is 4.90. The highest BCUT2D eigenvalue weighted by Crippen LogP contribution is 2.31. The van der Waals surface area contributed by atoms with E-state index in [4.69, 9.17) is 9.47 Å². The van der Waals surface area contributed by atoms with E-state index < -0.39 is 11.8 Å². The minimum atomic E-state index is -0.446. The molecule has 1 aliphatic rings. The summed E-state index contributed by atoms with van der Waals surface area (Å²) >= 11 is 0. The molecule has 0 spiro atoms. The highest BCUT2D eigenvalue weighted by molar-refractivity contribution is 5.97. The number of cyclic esters (lactones) is 1. The number of amides is 1. The van der Waals surface area contributed by atoms with Crippen LogP contribution in [0.4, 0.5) is 4.39 Å². The van der Waals surface area contributed by atoms with Gasteiger partial charge in [0.05, 0.1) is 12.1 Å². The minimum Gasteiger partial charge on any atom is -0.489 e. The number of esters is 1. The molecule has 0 aromatic heterocycles. The van der Waals surface area contributed by atoms with Gasteiger partial charge in [-0.2, -0.15) is 0 Å². The second-order valence-electron chi connectivity index (χ2n) is 6.92. The van der Waals surface area contributed by atoms with Crippen LogP contribution in [0.1, 0.15) is 37.9 Å². The van der Waals surface area contributed by atoms with Crippen molar-refractivity contribution in [3.63, 3.8) is 0 Å². The molecule has 3 aromatic carbocycles. The van der Waals surface area contributed by atoms with Crippen LogP contribution < -0.4 is 10.1 Å². The van der Waals surface area contributed by atoms with Crippen LogP contribution >= 0.6 is 0 Å². The summed E-state index contributed by atoms with van der Waals surface area (Å²) in [7, 11) is 0. The van der Waals surface area contributed by atoms with Gasteiger partial charge in [0.15, 0.2) is 11.6 Å². The Morgan fingerprint density at radius 1 is 1.07 bits per heavy atom. The van der Waals surface area contributed by atoms with Gasteiger partial charge in [0.1, 0.15) is 12.7 Å². The lowest BCUT2D eigenvalue weighted by Crippen LogP contribution is -2.29. The Balaban J connectivity index is 1.39. The van der Waals surface area contributed by atoms with Crippen molar-refractivity contribution in [1.29, 1.82) is 0 Å². The molecule has 30 heavy (non-hydrogen) atoms. The Morgan fingerprint density at radius 2 is 1.83 bits per heavy atom. The SMILES string of the molecule is O=C(NCCOc1ccccc1F)c1ccc2c(c1)C[C@H](c1ccccc1)OC2=O. The molecule has 152 valence electrons. The summed E-state index contributed by atoms with van der Waals surface area (Å²) in [4.78, 5) is 24.8. The van der Waals surface area contributed by atoms with E-state index >= 15 is 0 Å². The van der Waals surface area contributed by atoms with Gasteiger partial charge >= 0.3 is 5.97 Å². The molecule has 0 saturated heterocycles. The zero-order valence-electron chi connectivity index (χ0n) is 16.1. The van der Waals surface area contributed by atoms with Crippen LogP contribution in [0.5, 0.6) is 5.75 Å². The number of nitrogens with one attached hydrogen (secondary N) is 1. The van der Waals surface area contributed by atoms with Crippen molar-refractivity contribution < 1.29 is 23.5 Å². The van der Waals surface area contributed by atoms with Crippen LogP contribution in [-0.4, -0.2) is 25.0 Å². The first-order valence-corrected chi connectivity index (χ1v) is 9.66. The maximum atomic E-state index is 13.5. The second kappa shape index (κ2) is 8.78. The van der Waals surface area contributed by atoms with E-state index in [1.54, 1.807) is 30.3 Å². The Kier molecular flexibility index (Phi) is 5.75. The molecule has 3 aromatic rings. The van der Waals surface area contributed by atoms with E-state index in [9.17, 15) is 14.0 Å². The van der Waals surface area contributed by atoms with Crippen molar-refractivity contribution in [3.8, 4) is 5.75 Å². The third kappa shape index (κ3) is 4.33. The summed E-state index contributed by atoms with van der Waals surface area (Å²) in [5, 5.41) is 2.75. The van der Waals surface area contributed by atoms with Crippen molar-refractivity contribution in [2.45, 2.75) is 12.5 Å². The summed E-state index contributed by atoms with van der Waals surface area (Å²) in [6.07, 6.45) is 0.126. The molecule has 5 nitrogen and oxygen atoms in total. The number of hydrogen-bond acceptors (Lipinski definition) is 4. The first kappa shape index (κ1) is 19.6. The third-order valence-corrected chi connectivity index (χ3v) is 4.90. The molecular formula is C24H20FNO4. The summed E-state index contributed by atoms with van der Waals surface area (Å²) in [6.45, 7) is 0.360. The van der Waals surface area contributed by atoms with Gasteiger partial charge in [-0.15, -0.1) is 0 Å². The van der Waals surface area contributed by atoms with Gasteiger partial charge in [0.25, 0.3) is 5.91 Å². The van der Waals surface area contributed by atoms with Gasteiger partial charge in [-0.3, -0.25) is 4.79 Å². The van der Waals surface area contributed by atoms with Crippen LogP contribution in [0, 0.1) is 5.82 Å². The maximum Gasteiger partial charge on any atom is 0.339 e. The quantitative estimate of drug-likeness (QED) is 0.496. The van der Waals surface area contributed by atoms with Crippen molar-refractivity contribution in [2.75, 3.05) is 13.2 Å². The zero-order valence-corrected chi connectivity index (χ0v) is 16.1. The average molecular weight is 405 g/mol. The summed E-state index contributed by atoms with van der Waals surface area (Å²) < 4.78 is 24.4. The lowest BCUT2D eigenvalue weighted by Gasteiger charge is -2.25. The highest BCUT2D eigenvalue weighted by Gasteiger charge is 2.28. The van der Waals surface area contributed by atoms with Crippen molar-refractivity contribution in [2.24, 2.45) is 0 Å². The molecule has 1 amide bonds. The molecule has 0 fully saturated rings. The molecule has 1 aliphatic heterocycles. The second-order valence-corrected chi connectivity index (χ2v) is 6.92. The van der Waals surface area contributed by atoms with Crippen LogP contribution in [-0.2, 0) is 11.2 Å². The molecule has 1 atom stereocenters. The molecule has 0 radical (unpaired) electrons. The Labute approximate surface area is 173 Å². The van der Waals surface area contributed by atoms with E-state index in [0.717, 1.165) is 11.1 Å². The monoisotopic (exact) mass is 405 g/mol. The van der Waals surface area contributed by atoms with Crippen LogP contribution in [0.25, 0.3) is 0 Å². The predicted octanol–water partition coefficient (Wildman–Crippen LogP) is 4.09. The van der Waals surface area contributed by atoms with E-state index in [1.807, 2.05) is 30.3 Å². The van der Waals surface area contributed by atoms with E-state index in [1.165, 1.54) is 12.1 Å². The number of carbonyl (C=O) groups excluding carboxylic acids is 2.